The van der Waals surface area contributed by atoms with Crippen LogP contribution in [0.15, 0.2) is 24.3 Å². The van der Waals surface area contributed by atoms with E-state index in [9.17, 15) is 22.8 Å². The molecule has 0 heterocycles. The Balaban J connectivity index is 2.82. The van der Waals surface area contributed by atoms with Crippen LogP contribution in [0.5, 0.6) is 0 Å². The molecule has 21 heavy (non-hydrogen) atoms. The lowest BCUT2D eigenvalue weighted by Crippen LogP contribution is -2.35. The molecule has 0 saturated heterocycles. The molecule has 1 N–H and O–H groups in total. The van der Waals surface area contributed by atoms with Crippen molar-refractivity contribution < 1.29 is 27.9 Å². The zero-order valence-electron chi connectivity index (χ0n) is 11.6. The smallest absolute Gasteiger partial charge is 0.416 e. The van der Waals surface area contributed by atoms with Gasteiger partial charge in [0.15, 0.2) is 0 Å². The van der Waals surface area contributed by atoms with Gasteiger partial charge in [0, 0.05) is 13.6 Å². The van der Waals surface area contributed by atoms with Crippen LogP contribution in [0, 0.1) is 5.92 Å². The number of benzene rings is 1. The first-order valence-electron chi connectivity index (χ1n) is 6.24. The summed E-state index contributed by atoms with van der Waals surface area (Å²) in [5.74, 6) is -2.40. The second kappa shape index (κ2) is 6.60. The summed E-state index contributed by atoms with van der Waals surface area (Å²) in [5, 5.41) is 8.77. The van der Waals surface area contributed by atoms with Crippen LogP contribution in [0.1, 0.15) is 18.1 Å². The number of hydrogen-bond donors (Lipinski definition) is 1. The second-order valence-electron chi connectivity index (χ2n) is 4.85. The quantitative estimate of drug-likeness (QED) is 0.909. The van der Waals surface area contributed by atoms with E-state index in [1.165, 1.54) is 32.2 Å². The summed E-state index contributed by atoms with van der Waals surface area (Å²) >= 11 is 0. The lowest BCUT2D eigenvalue weighted by Gasteiger charge is -2.20. The highest BCUT2D eigenvalue weighted by Crippen LogP contribution is 2.32. The van der Waals surface area contributed by atoms with Gasteiger partial charge in [-0.2, -0.15) is 13.2 Å². The van der Waals surface area contributed by atoms with Crippen LogP contribution >= 0.6 is 0 Å². The maximum Gasteiger partial charge on any atom is 0.416 e. The molecule has 0 spiro atoms. The molecule has 1 aromatic carbocycles. The summed E-state index contributed by atoms with van der Waals surface area (Å²) in [6.07, 6.45) is -4.94. The Labute approximate surface area is 120 Å². The molecular weight excluding hydrogens is 287 g/mol. The Hall–Kier alpha value is -2.05. The molecule has 7 heteroatoms. The third-order valence-corrected chi connectivity index (χ3v) is 3.06. The molecule has 4 nitrogen and oxygen atoms in total. The molecule has 0 fully saturated rings. The number of carbonyl (C=O) groups excluding carboxylic acids is 1. The van der Waals surface area contributed by atoms with E-state index in [-0.39, 0.29) is 12.1 Å². The maximum absolute atomic E-state index is 12.8. The minimum absolute atomic E-state index is 0.0532. The fraction of sp³-hybridized carbons (Fsp3) is 0.429. The molecule has 1 amide bonds. The fourth-order valence-corrected chi connectivity index (χ4v) is 1.84. The van der Waals surface area contributed by atoms with Gasteiger partial charge in [-0.25, -0.2) is 0 Å². The Bertz CT molecular complexity index is 528. The van der Waals surface area contributed by atoms with E-state index in [1.807, 2.05) is 0 Å². The van der Waals surface area contributed by atoms with Crippen molar-refractivity contribution in [1.29, 1.82) is 0 Å². The van der Waals surface area contributed by atoms with Crippen molar-refractivity contribution in [1.82, 2.24) is 4.90 Å². The van der Waals surface area contributed by atoms with Gasteiger partial charge in [0.25, 0.3) is 0 Å². The number of rotatable bonds is 5. The summed E-state index contributed by atoms with van der Waals surface area (Å²) in [5.41, 5.74) is -0.970. The number of halogens is 3. The van der Waals surface area contributed by atoms with E-state index >= 15 is 0 Å². The zero-order valence-corrected chi connectivity index (χ0v) is 11.6. The first-order valence-corrected chi connectivity index (χ1v) is 6.24. The molecule has 0 aliphatic carbocycles. The van der Waals surface area contributed by atoms with Crippen molar-refractivity contribution in [3.05, 3.63) is 35.4 Å². The number of nitrogens with zero attached hydrogens (tertiary/aromatic N) is 1. The van der Waals surface area contributed by atoms with Gasteiger partial charge in [-0.1, -0.05) is 25.1 Å². The van der Waals surface area contributed by atoms with Gasteiger partial charge >= 0.3 is 12.1 Å². The third-order valence-electron chi connectivity index (χ3n) is 3.06. The van der Waals surface area contributed by atoms with Crippen molar-refractivity contribution in [2.24, 2.45) is 5.92 Å². The molecule has 116 valence electrons. The largest absolute Gasteiger partial charge is 0.481 e. The lowest BCUT2D eigenvalue weighted by molar-refractivity contribution is -0.142. The SMILES string of the molecule is CC(CN(C)C(=O)Cc1ccccc1C(F)(F)F)C(=O)O. The molecule has 1 rings (SSSR count). The summed E-state index contributed by atoms with van der Waals surface area (Å²) < 4.78 is 38.4. The van der Waals surface area contributed by atoms with Crippen LogP contribution in [0.25, 0.3) is 0 Å². The first-order chi connectivity index (χ1) is 9.62. The van der Waals surface area contributed by atoms with Crippen molar-refractivity contribution in [3.8, 4) is 0 Å². The first kappa shape index (κ1) is 17.0. The van der Waals surface area contributed by atoms with E-state index in [0.29, 0.717) is 0 Å². The normalized spacial score (nSPS) is 12.8. The van der Waals surface area contributed by atoms with Crippen LogP contribution in [-0.4, -0.2) is 35.5 Å². The van der Waals surface area contributed by atoms with Gasteiger partial charge in [0.1, 0.15) is 0 Å². The van der Waals surface area contributed by atoms with E-state index in [2.05, 4.69) is 0 Å². The Morgan fingerprint density at radius 3 is 2.38 bits per heavy atom. The summed E-state index contributed by atoms with van der Waals surface area (Å²) in [7, 11) is 1.37. The topological polar surface area (TPSA) is 57.6 Å². The number of aliphatic carboxylic acids is 1. The predicted octanol–water partition coefficient (Wildman–Crippen LogP) is 2.43. The Morgan fingerprint density at radius 2 is 1.86 bits per heavy atom. The van der Waals surface area contributed by atoms with Crippen LogP contribution in [-0.2, 0) is 22.2 Å². The number of hydrogen-bond acceptors (Lipinski definition) is 2. The molecular formula is C14H16F3NO3. The van der Waals surface area contributed by atoms with Gasteiger partial charge < -0.3 is 10.0 Å². The van der Waals surface area contributed by atoms with Crippen molar-refractivity contribution in [2.75, 3.05) is 13.6 Å². The van der Waals surface area contributed by atoms with Gasteiger partial charge in [-0.15, -0.1) is 0 Å². The van der Waals surface area contributed by atoms with E-state index in [1.54, 1.807) is 0 Å². The zero-order chi connectivity index (χ0) is 16.2. The van der Waals surface area contributed by atoms with Gasteiger partial charge in [0.2, 0.25) is 5.91 Å². The van der Waals surface area contributed by atoms with Crippen LogP contribution in [0.3, 0.4) is 0 Å². The molecule has 1 aromatic rings. The van der Waals surface area contributed by atoms with Gasteiger partial charge in [0.05, 0.1) is 17.9 Å². The highest BCUT2D eigenvalue weighted by molar-refractivity contribution is 5.79. The number of carbonyl (C=O) groups is 2. The average molecular weight is 303 g/mol. The Kier molecular flexibility index (Phi) is 5.34. The van der Waals surface area contributed by atoms with Crippen molar-refractivity contribution in [3.63, 3.8) is 0 Å². The number of likely N-dealkylation sites (N-methyl/N-ethyl adjacent to an activating group) is 1. The van der Waals surface area contributed by atoms with E-state index in [4.69, 9.17) is 5.11 Å². The number of alkyl halides is 3. The molecule has 0 aromatic heterocycles. The molecule has 0 bridgehead atoms. The van der Waals surface area contributed by atoms with E-state index in [0.717, 1.165) is 11.0 Å². The van der Waals surface area contributed by atoms with Gasteiger partial charge in [-0.05, 0) is 11.6 Å². The average Bonchev–Trinajstić information content (AvgIpc) is 2.37. The fourth-order valence-electron chi connectivity index (χ4n) is 1.84. The van der Waals surface area contributed by atoms with Crippen LogP contribution < -0.4 is 0 Å². The summed E-state index contributed by atoms with van der Waals surface area (Å²) in [4.78, 5) is 23.8. The minimum atomic E-state index is -4.52. The lowest BCUT2D eigenvalue weighted by atomic mass is 10.0. The Morgan fingerprint density at radius 1 is 1.29 bits per heavy atom. The number of carboxylic acids is 1. The monoisotopic (exact) mass is 303 g/mol. The van der Waals surface area contributed by atoms with Crippen molar-refractivity contribution in [2.45, 2.75) is 19.5 Å². The highest BCUT2D eigenvalue weighted by atomic mass is 19.4. The standard InChI is InChI=1S/C14H16F3NO3/c1-9(13(20)21)8-18(2)12(19)7-10-5-3-4-6-11(10)14(15,16)17/h3-6,9H,7-8H2,1-2H3,(H,20,21). The maximum atomic E-state index is 12.8. The molecule has 0 radical (unpaired) electrons. The summed E-state index contributed by atoms with van der Waals surface area (Å²) in [6.45, 7) is 1.37. The molecule has 1 unspecified atom stereocenters. The molecule has 1 atom stereocenters. The van der Waals surface area contributed by atoms with Crippen LogP contribution in [0.4, 0.5) is 13.2 Å². The van der Waals surface area contributed by atoms with E-state index < -0.39 is 36.0 Å². The minimum Gasteiger partial charge on any atom is -0.481 e. The predicted molar refractivity (Wildman–Crippen MR) is 69.6 cm³/mol. The van der Waals surface area contributed by atoms with Crippen molar-refractivity contribution >= 4 is 11.9 Å². The molecule has 0 aliphatic heterocycles. The molecule has 0 saturated carbocycles. The molecule has 0 aliphatic rings. The van der Waals surface area contributed by atoms with Gasteiger partial charge in [-0.3, -0.25) is 9.59 Å². The highest BCUT2D eigenvalue weighted by Gasteiger charge is 2.33. The number of amides is 1. The third kappa shape index (κ3) is 4.77. The number of carboxylic acid groups (broad SMARTS) is 1. The van der Waals surface area contributed by atoms with Crippen LogP contribution in [0.2, 0.25) is 0 Å². The summed E-state index contributed by atoms with van der Waals surface area (Å²) in [6, 6.07) is 4.85. The second-order valence-corrected chi connectivity index (χ2v) is 4.85.